The Labute approximate surface area is 104 Å². The summed E-state index contributed by atoms with van der Waals surface area (Å²) in [6.07, 6.45) is 8.62. The van der Waals surface area contributed by atoms with Gasteiger partial charge in [0.1, 0.15) is 0 Å². The fraction of sp³-hybridized carbons (Fsp3) is 1.00. The second-order valence-electron chi connectivity index (χ2n) is 4.29. The molecule has 0 aliphatic heterocycles. The van der Waals surface area contributed by atoms with Crippen molar-refractivity contribution in [2.24, 2.45) is 0 Å². The third-order valence-electron chi connectivity index (χ3n) is 2.50. The van der Waals surface area contributed by atoms with Crippen molar-refractivity contribution in [2.75, 3.05) is 0 Å². The first-order valence-corrected chi connectivity index (χ1v) is 7.60. The third-order valence-corrected chi connectivity index (χ3v) is 2.75. The van der Waals surface area contributed by atoms with Gasteiger partial charge in [-0.05, 0) is 13.3 Å². The standard InChI is InChI=1S/C11H24O5S/c1-3-4-5-6-7-8-9-10-11(2)15-16-17(12,13)14/h11H,3-10H2,1-2H3,(H,12,13,14)/p-1. The van der Waals surface area contributed by atoms with E-state index in [-0.39, 0.29) is 6.10 Å². The molecule has 0 saturated heterocycles. The molecule has 5 nitrogen and oxygen atoms in total. The van der Waals surface area contributed by atoms with Gasteiger partial charge in [-0.3, -0.25) is 0 Å². The summed E-state index contributed by atoms with van der Waals surface area (Å²) in [5, 5.41) is 0. The molecule has 6 heteroatoms. The van der Waals surface area contributed by atoms with Crippen LogP contribution >= 0.6 is 0 Å². The summed E-state index contributed by atoms with van der Waals surface area (Å²) in [4.78, 5) is 4.45. The predicted molar refractivity (Wildman–Crippen MR) is 63.9 cm³/mol. The van der Waals surface area contributed by atoms with Crippen LogP contribution in [0.15, 0.2) is 0 Å². The average Bonchev–Trinajstić information content (AvgIpc) is 2.24. The summed E-state index contributed by atoms with van der Waals surface area (Å²) in [7, 11) is -4.74. The molecule has 1 atom stereocenters. The van der Waals surface area contributed by atoms with Crippen LogP contribution in [0.25, 0.3) is 0 Å². The maximum atomic E-state index is 10.1. The van der Waals surface area contributed by atoms with Crippen molar-refractivity contribution in [1.82, 2.24) is 0 Å². The predicted octanol–water partition coefficient (Wildman–Crippen LogP) is 2.92. The molecule has 104 valence electrons. The Morgan fingerprint density at radius 2 is 1.59 bits per heavy atom. The van der Waals surface area contributed by atoms with Crippen molar-refractivity contribution in [2.45, 2.75) is 71.3 Å². The van der Waals surface area contributed by atoms with Gasteiger partial charge in [-0.1, -0.05) is 51.9 Å². The molecule has 0 aliphatic rings. The van der Waals surface area contributed by atoms with Crippen LogP contribution in [0.3, 0.4) is 0 Å². The summed E-state index contributed by atoms with van der Waals surface area (Å²) in [5.74, 6) is 0. The topological polar surface area (TPSA) is 75.7 Å². The highest BCUT2D eigenvalue weighted by molar-refractivity contribution is 7.80. The highest BCUT2D eigenvalue weighted by Gasteiger charge is 2.05. The lowest BCUT2D eigenvalue weighted by molar-refractivity contribution is -0.242. The minimum atomic E-state index is -4.74. The Kier molecular flexibility index (Phi) is 9.72. The van der Waals surface area contributed by atoms with Crippen LogP contribution in [-0.4, -0.2) is 19.1 Å². The van der Waals surface area contributed by atoms with Crippen LogP contribution in [0.5, 0.6) is 0 Å². The summed E-state index contributed by atoms with van der Waals surface area (Å²) in [6, 6.07) is 0. The first-order chi connectivity index (χ1) is 7.95. The van der Waals surface area contributed by atoms with Crippen molar-refractivity contribution in [3.63, 3.8) is 0 Å². The highest BCUT2D eigenvalue weighted by atomic mass is 32.3. The molecule has 0 fully saturated rings. The fourth-order valence-electron chi connectivity index (χ4n) is 1.55. The Bertz CT molecular complexity index is 263. The molecule has 0 aromatic carbocycles. The maximum absolute atomic E-state index is 10.1. The van der Waals surface area contributed by atoms with E-state index in [0.29, 0.717) is 6.42 Å². The molecule has 0 radical (unpaired) electrons. The van der Waals surface area contributed by atoms with E-state index in [0.717, 1.165) is 12.8 Å². The zero-order valence-electron chi connectivity index (χ0n) is 10.7. The number of hydrogen-bond donors (Lipinski definition) is 0. The van der Waals surface area contributed by atoms with Gasteiger partial charge in [0.15, 0.2) is 0 Å². The zero-order chi connectivity index (χ0) is 13.1. The molecule has 0 bridgehead atoms. The average molecular weight is 267 g/mol. The van der Waals surface area contributed by atoms with Gasteiger partial charge < -0.3 is 4.55 Å². The minimum Gasteiger partial charge on any atom is -0.724 e. The molecule has 0 spiro atoms. The van der Waals surface area contributed by atoms with Gasteiger partial charge >= 0.3 is 0 Å². The first kappa shape index (κ1) is 16.8. The van der Waals surface area contributed by atoms with E-state index >= 15 is 0 Å². The Balaban J connectivity index is 3.30. The maximum Gasteiger partial charge on any atom is 0.245 e. The molecule has 0 heterocycles. The second kappa shape index (κ2) is 9.82. The first-order valence-electron chi connectivity index (χ1n) is 6.26. The van der Waals surface area contributed by atoms with Crippen molar-refractivity contribution in [3.8, 4) is 0 Å². The molecule has 0 N–H and O–H groups in total. The lowest BCUT2D eigenvalue weighted by Crippen LogP contribution is -2.13. The van der Waals surface area contributed by atoms with Crippen molar-refractivity contribution >= 4 is 10.4 Å². The summed E-state index contributed by atoms with van der Waals surface area (Å²) in [5.41, 5.74) is 0. The van der Waals surface area contributed by atoms with Gasteiger partial charge in [-0.2, -0.15) is 0 Å². The highest BCUT2D eigenvalue weighted by Crippen LogP contribution is 2.11. The lowest BCUT2D eigenvalue weighted by atomic mass is 10.1. The van der Waals surface area contributed by atoms with Crippen LogP contribution < -0.4 is 0 Å². The SMILES string of the molecule is CCCCCCCCCC(C)OOS(=O)(=O)[O-]. The van der Waals surface area contributed by atoms with E-state index in [9.17, 15) is 13.0 Å². The zero-order valence-corrected chi connectivity index (χ0v) is 11.5. The van der Waals surface area contributed by atoms with Crippen LogP contribution in [0.1, 0.15) is 65.2 Å². The normalized spacial score (nSPS) is 13.8. The van der Waals surface area contributed by atoms with E-state index in [1.807, 2.05) is 0 Å². The third kappa shape index (κ3) is 13.8. The second-order valence-corrected chi connectivity index (χ2v) is 5.25. The van der Waals surface area contributed by atoms with E-state index < -0.39 is 10.4 Å². The van der Waals surface area contributed by atoms with Crippen LogP contribution in [-0.2, 0) is 19.6 Å². The van der Waals surface area contributed by atoms with Gasteiger partial charge in [0.05, 0.1) is 6.10 Å². The molecule has 0 aromatic heterocycles. The number of rotatable bonds is 11. The molecule has 0 rings (SSSR count). The largest absolute Gasteiger partial charge is 0.724 e. The van der Waals surface area contributed by atoms with Gasteiger partial charge in [-0.15, -0.1) is 4.33 Å². The molecule has 0 aromatic rings. The smallest absolute Gasteiger partial charge is 0.245 e. The Morgan fingerprint density at radius 3 is 2.12 bits per heavy atom. The lowest BCUT2D eigenvalue weighted by Gasteiger charge is -2.12. The molecule has 1 unspecified atom stereocenters. The molecular formula is C11H23O5S-. The van der Waals surface area contributed by atoms with Gasteiger partial charge in [0.25, 0.3) is 0 Å². The van der Waals surface area contributed by atoms with Crippen molar-refractivity contribution in [1.29, 1.82) is 0 Å². The monoisotopic (exact) mass is 267 g/mol. The molecule has 0 saturated carbocycles. The van der Waals surface area contributed by atoms with E-state index in [4.69, 9.17) is 0 Å². The number of unbranched alkanes of at least 4 members (excludes halogenated alkanes) is 6. The molecule has 0 amide bonds. The van der Waals surface area contributed by atoms with Crippen LogP contribution in [0.2, 0.25) is 0 Å². The molecule has 17 heavy (non-hydrogen) atoms. The van der Waals surface area contributed by atoms with E-state index in [1.54, 1.807) is 6.92 Å². The molecular weight excluding hydrogens is 244 g/mol. The van der Waals surface area contributed by atoms with Gasteiger partial charge in [0.2, 0.25) is 10.4 Å². The van der Waals surface area contributed by atoms with E-state index in [2.05, 4.69) is 16.1 Å². The minimum absolute atomic E-state index is 0.366. The van der Waals surface area contributed by atoms with Gasteiger partial charge in [-0.25, -0.2) is 13.3 Å². The fourth-order valence-corrected chi connectivity index (χ4v) is 1.78. The van der Waals surface area contributed by atoms with Gasteiger partial charge in [0, 0.05) is 0 Å². The summed E-state index contributed by atoms with van der Waals surface area (Å²) < 4.78 is 34.0. The quantitative estimate of drug-likeness (QED) is 0.189. The Hall–Kier alpha value is -0.170. The van der Waals surface area contributed by atoms with Crippen LogP contribution in [0, 0.1) is 0 Å². The summed E-state index contributed by atoms with van der Waals surface area (Å²) in [6.45, 7) is 3.87. The molecule has 0 aliphatic carbocycles. The van der Waals surface area contributed by atoms with Crippen molar-refractivity contribution < 1.29 is 22.2 Å². The van der Waals surface area contributed by atoms with Crippen molar-refractivity contribution in [3.05, 3.63) is 0 Å². The Morgan fingerprint density at radius 1 is 1.06 bits per heavy atom. The number of hydrogen-bond acceptors (Lipinski definition) is 5. The van der Waals surface area contributed by atoms with Crippen LogP contribution in [0.4, 0.5) is 0 Å². The van der Waals surface area contributed by atoms with E-state index in [1.165, 1.54) is 32.1 Å². The summed E-state index contributed by atoms with van der Waals surface area (Å²) >= 11 is 0.